The molecule has 0 fully saturated rings. The van der Waals surface area contributed by atoms with Crippen molar-refractivity contribution in [2.24, 2.45) is 16.1 Å². The largest absolute Gasteiger partial charge is 0.494 e. The maximum Gasteiger partial charge on any atom is 0.296 e. The van der Waals surface area contributed by atoms with Crippen molar-refractivity contribution in [3.8, 4) is 5.88 Å². The summed E-state index contributed by atoms with van der Waals surface area (Å²) in [6.45, 7) is 3.10. The van der Waals surface area contributed by atoms with Crippen LogP contribution in [0.25, 0.3) is 0 Å². The molecular formula is C15H19N5O6S. The van der Waals surface area contributed by atoms with Gasteiger partial charge in [0.2, 0.25) is 0 Å². The van der Waals surface area contributed by atoms with Gasteiger partial charge in [-0.1, -0.05) is 0 Å². The highest BCUT2D eigenvalue weighted by atomic mass is 32.2. The van der Waals surface area contributed by atoms with E-state index in [1.165, 1.54) is 19.1 Å². The second kappa shape index (κ2) is 7.84. The number of nitrogens with zero attached hydrogens (tertiary/aromatic N) is 3. The fourth-order valence-corrected chi connectivity index (χ4v) is 3.06. The number of nitrogens with two attached hydrogens (primary N) is 2. The van der Waals surface area contributed by atoms with Crippen molar-refractivity contribution in [2.45, 2.75) is 31.9 Å². The zero-order valence-electron chi connectivity index (χ0n) is 14.6. The quantitative estimate of drug-likeness (QED) is 0.245. The van der Waals surface area contributed by atoms with Crippen LogP contribution < -0.4 is 17.2 Å². The van der Waals surface area contributed by atoms with Gasteiger partial charge in [0.15, 0.2) is 11.6 Å². The summed E-state index contributed by atoms with van der Waals surface area (Å²) in [6, 6.07) is 3.53. The third-order valence-electron chi connectivity index (χ3n) is 3.84. The molecule has 0 aliphatic heterocycles. The minimum absolute atomic E-state index is 0.138. The first-order valence-electron chi connectivity index (χ1n) is 7.67. The summed E-state index contributed by atoms with van der Waals surface area (Å²) in [4.78, 5) is 16.6. The summed E-state index contributed by atoms with van der Waals surface area (Å²) in [5, 5.41) is 17.8. The van der Waals surface area contributed by atoms with Crippen molar-refractivity contribution in [1.82, 2.24) is 4.57 Å². The molecular weight excluding hydrogens is 378 g/mol. The van der Waals surface area contributed by atoms with E-state index in [1.54, 1.807) is 6.92 Å². The highest BCUT2D eigenvalue weighted by Crippen LogP contribution is 2.31. The third-order valence-corrected chi connectivity index (χ3v) is 4.74. The average molecular weight is 397 g/mol. The van der Waals surface area contributed by atoms with Crippen LogP contribution in [0.15, 0.2) is 38.1 Å². The Labute approximate surface area is 154 Å². The van der Waals surface area contributed by atoms with Crippen molar-refractivity contribution in [3.05, 3.63) is 39.7 Å². The third kappa shape index (κ3) is 4.14. The Morgan fingerprint density at radius 3 is 2.52 bits per heavy atom. The van der Waals surface area contributed by atoms with Crippen LogP contribution in [0.3, 0.4) is 0 Å². The highest BCUT2D eigenvalue weighted by molar-refractivity contribution is 7.86. The van der Waals surface area contributed by atoms with Crippen molar-refractivity contribution < 1.29 is 22.9 Å². The predicted octanol–water partition coefficient (Wildman–Crippen LogP) is 1.52. The van der Waals surface area contributed by atoms with E-state index in [-0.39, 0.29) is 47.2 Å². The number of aromatic hydroxyl groups is 1. The second-order valence-corrected chi connectivity index (χ2v) is 6.93. The lowest BCUT2D eigenvalue weighted by Gasteiger charge is -2.14. The highest BCUT2D eigenvalue weighted by Gasteiger charge is 2.20. The van der Waals surface area contributed by atoms with E-state index in [4.69, 9.17) is 11.6 Å². The number of anilines is 1. The summed E-state index contributed by atoms with van der Waals surface area (Å²) < 4.78 is 33.3. The molecule has 0 saturated heterocycles. The predicted molar refractivity (Wildman–Crippen MR) is 96.6 cm³/mol. The standard InChI is InChI=1S/C15H19N5O6S/c1-3-20-14(21)10(7-26-17)8(2)13(15(20)22)19-18-11-6-9(16)4-5-12(11)27(23,24)25/h4-6,21H,3,7,16-17H2,1-2H3,(H,23,24,25). The number of hydrogen-bond donors (Lipinski definition) is 4. The second-order valence-electron chi connectivity index (χ2n) is 5.54. The zero-order valence-corrected chi connectivity index (χ0v) is 15.4. The van der Waals surface area contributed by atoms with Gasteiger partial charge in [-0.2, -0.15) is 8.42 Å². The lowest BCUT2D eigenvalue weighted by molar-refractivity contribution is 0.120. The molecule has 0 saturated carbocycles. The van der Waals surface area contributed by atoms with E-state index in [9.17, 15) is 22.9 Å². The van der Waals surface area contributed by atoms with Gasteiger partial charge in [0.1, 0.15) is 10.6 Å². The Hall–Kier alpha value is -2.80. The molecule has 0 radical (unpaired) electrons. The number of hydrogen-bond acceptors (Lipinski definition) is 9. The van der Waals surface area contributed by atoms with Gasteiger partial charge >= 0.3 is 0 Å². The van der Waals surface area contributed by atoms with E-state index >= 15 is 0 Å². The molecule has 2 rings (SSSR count). The zero-order chi connectivity index (χ0) is 20.4. The van der Waals surface area contributed by atoms with Gasteiger partial charge in [0.05, 0.1) is 6.61 Å². The molecule has 11 nitrogen and oxygen atoms in total. The molecule has 0 aliphatic carbocycles. The molecule has 0 amide bonds. The molecule has 146 valence electrons. The Morgan fingerprint density at radius 1 is 1.30 bits per heavy atom. The van der Waals surface area contributed by atoms with Gasteiger partial charge in [0.25, 0.3) is 15.7 Å². The first kappa shape index (κ1) is 20.5. The van der Waals surface area contributed by atoms with E-state index in [1.807, 2.05) is 0 Å². The monoisotopic (exact) mass is 397 g/mol. The molecule has 0 spiro atoms. The number of nitrogen functional groups attached to an aromatic ring is 1. The van der Waals surface area contributed by atoms with E-state index < -0.39 is 20.6 Å². The normalized spacial score (nSPS) is 12.0. The van der Waals surface area contributed by atoms with Gasteiger partial charge in [-0.25, -0.2) is 5.90 Å². The minimum atomic E-state index is -4.58. The SMILES string of the molecule is CCn1c(O)c(CON)c(C)c(N=Nc2cc(N)ccc2S(=O)(=O)O)c1=O. The Balaban J connectivity index is 2.70. The molecule has 1 heterocycles. The molecule has 0 unspecified atom stereocenters. The average Bonchev–Trinajstić information content (AvgIpc) is 2.58. The summed E-state index contributed by atoms with van der Waals surface area (Å²) in [5.74, 6) is 4.75. The van der Waals surface area contributed by atoms with Crippen LogP contribution in [-0.4, -0.2) is 22.6 Å². The lowest BCUT2D eigenvalue weighted by Crippen LogP contribution is -2.22. The summed E-state index contributed by atoms with van der Waals surface area (Å²) >= 11 is 0. The maximum absolute atomic E-state index is 12.6. The molecule has 6 N–H and O–H groups in total. The molecule has 1 aromatic carbocycles. The van der Waals surface area contributed by atoms with Gasteiger partial charge in [-0.15, -0.1) is 10.2 Å². The number of benzene rings is 1. The van der Waals surface area contributed by atoms with Crippen molar-refractivity contribution in [2.75, 3.05) is 5.73 Å². The van der Waals surface area contributed by atoms with Crippen molar-refractivity contribution >= 4 is 27.2 Å². The number of aromatic nitrogens is 1. The van der Waals surface area contributed by atoms with Crippen LogP contribution in [0.5, 0.6) is 5.88 Å². The van der Waals surface area contributed by atoms with Crippen LogP contribution in [0, 0.1) is 6.92 Å². The van der Waals surface area contributed by atoms with E-state index in [0.29, 0.717) is 0 Å². The molecule has 0 aliphatic rings. The van der Waals surface area contributed by atoms with Gasteiger partial charge in [0, 0.05) is 17.8 Å². The molecule has 1 aromatic heterocycles. The fraction of sp³-hybridized carbons (Fsp3) is 0.267. The van der Waals surface area contributed by atoms with E-state index in [2.05, 4.69) is 15.1 Å². The smallest absolute Gasteiger partial charge is 0.296 e. The van der Waals surface area contributed by atoms with Gasteiger partial charge in [-0.3, -0.25) is 18.8 Å². The Morgan fingerprint density at radius 2 is 1.96 bits per heavy atom. The first-order chi connectivity index (χ1) is 12.6. The van der Waals surface area contributed by atoms with Crippen LogP contribution in [-0.2, 0) is 28.1 Å². The topological polar surface area (TPSA) is 183 Å². The summed E-state index contributed by atoms with van der Waals surface area (Å²) in [7, 11) is -4.58. The molecule has 27 heavy (non-hydrogen) atoms. The number of pyridine rings is 1. The van der Waals surface area contributed by atoms with Gasteiger partial charge in [-0.05, 0) is 37.6 Å². The van der Waals surface area contributed by atoms with Crippen LogP contribution in [0.2, 0.25) is 0 Å². The summed E-state index contributed by atoms with van der Waals surface area (Å²) in [6.07, 6.45) is 0. The van der Waals surface area contributed by atoms with E-state index in [0.717, 1.165) is 10.6 Å². The minimum Gasteiger partial charge on any atom is -0.494 e. The van der Waals surface area contributed by atoms with Crippen molar-refractivity contribution in [1.29, 1.82) is 0 Å². The fourth-order valence-electron chi connectivity index (χ4n) is 2.46. The van der Waals surface area contributed by atoms with Crippen LogP contribution >= 0.6 is 0 Å². The van der Waals surface area contributed by atoms with Crippen LogP contribution in [0.1, 0.15) is 18.1 Å². The molecule has 0 bridgehead atoms. The number of rotatable bonds is 6. The van der Waals surface area contributed by atoms with Crippen LogP contribution in [0.4, 0.5) is 17.1 Å². The first-order valence-corrected chi connectivity index (χ1v) is 9.11. The number of azo groups is 1. The lowest BCUT2D eigenvalue weighted by atomic mass is 10.1. The molecule has 12 heteroatoms. The molecule has 0 atom stereocenters. The van der Waals surface area contributed by atoms with Crippen molar-refractivity contribution in [3.63, 3.8) is 0 Å². The summed E-state index contributed by atoms with van der Waals surface area (Å²) in [5.41, 5.74) is 5.26. The molecule has 2 aromatic rings. The Kier molecular flexibility index (Phi) is 5.95. The Bertz CT molecular complexity index is 1060. The van der Waals surface area contributed by atoms with Gasteiger partial charge < -0.3 is 10.8 Å². The maximum atomic E-state index is 12.6.